The fourth-order valence-electron chi connectivity index (χ4n) is 3.30. The SMILES string of the molecule is COc1cccc(Nc2nnc(SCC(=O)c3cc(C)n(C4CC4)c3C)s2)c1. The molecule has 0 amide bonds. The van der Waals surface area contributed by atoms with Gasteiger partial charge < -0.3 is 14.6 Å². The zero-order chi connectivity index (χ0) is 19.7. The van der Waals surface area contributed by atoms with Gasteiger partial charge in [0.1, 0.15) is 5.75 Å². The van der Waals surface area contributed by atoms with Crippen molar-refractivity contribution in [3.63, 3.8) is 0 Å². The Kier molecular flexibility index (Phi) is 5.41. The van der Waals surface area contributed by atoms with Crippen LogP contribution < -0.4 is 10.1 Å². The van der Waals surface area contributed by atoms with Gasteiger partial charge in [-0.05, 0) is 44.9 Å². The summed E-state index contributed by atoms with van der Waals surface area (Å²) < 4.78 is 8.30. The number of nitrogens with one attached hydrogen (secondary N) is 1. The van der Waals surface area contributed by atoms with Gasteiger partial charge >= 0.3 is 0 Å². The van der Waals surface area contributed by atoms with Crippen LogP contribution in [0.3, 0.4) is 0 Å². The molecule has 0 atom stereocenters. The third kappa shape index (κ3) is 4.07. The van der Waals surface area contributed by atoms with Crippen LogP contribution in [0.5, 0.6) is 5.75 Å². The quantitative estimate of drug-likeness (QED) is 0.412. The molecule has 1 N–H and O–H groups in total. The Morgan fingerprint density at radius 3 is 2.89 bits per heavy atom. The Bertz CT molecular complexity index is 1010. The summed E-state index contributed by atoms with van der Waals surface area (Å²) in [7, 11) is 1.64. The number of nitrogens with zero attached hydrogens (tertiary/aromatic N) is 3. The highest BCUT2D eigenvalue weighted by atomic mass is 32.2. The first kappa shape index (κ1) is 19.0. The molecule has 1 aromatic carbocycles. The third-order valence-electron chi connectivity index (χ3n) is 4.75. The normalized spacial score (nSPS) is 13.5. The predicted molar refractivity (Wildman–Crippen MR) is 113 cm³/mol. The number of carbonyl (C=O) groups excluding carboxylic acids is 1. The second-order valence-electron chi connectivity index (χ2n) is 6.83. The smallest absolute Gasteiger partial charge is 0.210 e. The molecule has 4 rings (SSSR count). The molecule has 1 aliphatic rings. The Hall–Kier alpha value is -2.32. The van der Waals surface area contributed by atoms with Crippen LogP contribution in [0.1, 0.15) is 40.6 Å². The lowest BCUT2D eigenvalue weighted by atomic mass is 10.2. The summed E-state index contributed by atoms with van der Waals surface area (Å²) in [5.74, 6) is 1.28. The van der Waals surface area contributed by atoms with Gasteiger partial charge in [-0.1, -0.05) is 29.2 Å². The summed E-state index contributed by atoms with van der Waals surface area (Å²) in [5, 5.41) is 12.3. The molecule has 0 bridgehead atoms. The van der Waals surface area contributed by atoms with E-state index in [1.807, 2.05) is 37.3 Å². The van der Waals surface area contributed by atoms with E-state index in [9.17, 15) is 4.79 Å². The molecule has 3 aromatic rings. The molecule has 0 spiro atoms. The van der Waals surface area contributed by atoms with Gasteiger partial charge in [-0.3, -0.25) is 4.79 Å². The highest BCUT2D eigenvalue weighted by molar-refractivity contribution is 8.01. The largest absolute Gasteiger partial charge is 0.497 e. The molecule has 2 heterocycles. The average molecular weight is 415 g/mol. The molecule has 0 unspecified atom stereocenters. The molecule has 1 fully saturated rings. The number of hydrogen-bond donors (Lipinski definition) is 1. The van der Waals surface area contributed by atoms with Crippen molar-refractivity contribution in [1.82, 2.24) is 14.8 Å². The summed E-state index contributed by atoms with van der Waals surface area (Å²) in [4.78, 5) is 12.7. The van der Waals surface area contributed by atoms with E-state index in [2.05, 4.69) is 27.0 Å². The maximum absolute atomic E-state index is 12.7. The van der Waals surface area contributed by atoms with Gasteiger partial charge in [-0.15, -0.1) is 10.2 Å². The van der Waals surface area contributed by atoms with Crippen LogP contribution in [0.15, 0.2) is 34.7 Å². The van der Waals surface area contributed by atoms with Crippen LogP contribution in [0.25, 0.3) is 0 Å². The van der Waals surface area contributed by atoms with Crippen LogP contribution >= 0.6 is 23.1 Å². The van der Waals surface area contributed by atoms with Crippen LogP contribution in [0.2, 0.25) is 0 Å². The van der Waals surface area contributed by atoms with Crippen LogP contribution in [-0.4, -0.2) is 33.4 Å². The van der Waals surface area contributed by atoms with Crippen molar-refractivity contribution in [2.45, 2.75) is 37.1 Å². The number of benzene rings is 1. The number of hydrogen-bond acceptors (Lipinski definition) is 7. The molecule has 28 heavy (non-hydrogen) atoms. The number of aromatic nitrogens is 3. The molecule has 0 saturated heterocycles. The molecular weight excluding hydrogens is 392 g/mol. The Labute approximate surface area is 172 Å². The molecule has 1 aliphatic carbocycles. The first-order chi connectivity index (χ1) is 13.5. The van der Waals surface area contributed by atoms with Crippen LogP contribution in [0.4, 0.5) is 10.8 Å². The van der Waals surface area contributed by atoms with Gasteiger partial charge in [0.2, 0.25) is 5.13 Å². The van der Waals surface area contributed by atoms with Crippen molar-refractivity contribution in [2.75, 3.05) is 18.2 Å². The number of aryl methyl sites for hydroxylation is 1. The summed E-state index contributed by atoms with van der Waals surface area (Å²) in [6.07, 6.45) is 2.43. The highest BCUT2D eigenvalue weighted by Gasteiger charge is 2.28. The molecule has 6 nitrogen and oxygen atoms in total. The number of thioether (sulfide) groups is 1. The molecule has 0 radical (unpaired) electrons. The highest BCUT2D eigenvalue weighted by Crippen LogP contribution is 2.38. The van der Waals surface area contributed by atoms with Gasteiger partial charge in [0.15, 0.2) is 10.1 Å². The molecule has 0 aliphatic heterocycles. The summed E-state index contributed by atoms with van der Waals surface area (Å²) >= 11 is 2.87. The van der Waals surface area contributed by atoms with Crippen molar-refractivity contribution in [3.8, 4) is 5.75 Å². The van der Waals surface area contributed by atoms with E-state index in [0.717, 1.165) is 27.0 Å². The van der Waals surface area contributed by atoms with Crippen molar-refractivity contribution >= 4 is 39.7 Å². The summed E-state index contributed by atoms with van der Waals surface area (Å²) in [5.41, 5.74) is 3.98. The molecule has 1 saturated carbocycles. The van der Waals surface area contributed by atoms with E-state index < -0.39 is 0 Å². The van der Waals surface area contributed by atoms with Gasteiger partial charge in [0.05, 0.1) is 12.9 Å². The van der Waals surface area contributed by atoms with Crippen LogP contribution in [0, 0.1) is 13.8 Å². The van der Waals surface area contributed by atoms with Gasteiger partial charge in [-0.2, -0.15) is 0 Å². The van der Waals surface area contributed by atoms with E-state index in [0.29, 0.717) is 16.9 Å². The first-order valence-corrected chi connectivity index (χ1v) is 10.9. The Morgan fingerprint density at radius 1 is 1.32 bits per heavy atom. The zero-order valence-corrected chi connectivity index (χ0v) is 17.7. The number of anilines is 2. The van der Waals surface area contributed by atoms with Crippen molar-refractivity contribution < 1.29 is 9.53 Å². The number of Topliss-reactive ketones (excluding diaryl/α,β-unsaturated/α-hetero) is 1. The second-order valence-corrected chi connectivity index (χ2v) is 9.03. The number of rotatable bonds is 8. The predicted octanol–water partition coefficient (Wildman–Crippen LogP) is 5.02. The average Bonchev–Trinajstić information content (AvgIpc) is 3.35. The number of ether oxygens (including phenoxy) is 1. The minimum Gasteiger partial charge on any atom is -0.497 e. The summed E-state index contributed by atoms with van der Waals surface area (Å²) in [6, 6.07) is 10.2. The number of carbonyl (C=O) groups is 1. The third-order valence-corrected chi connectivity index (χ3v) is 6.72. The Morgan fingerprint density at radius 2 is 2.14 bits per heavy atom. The topological polar surface area (TPSA) is 69.0 Å². The number of ketones is 1. The van der Waals surface area contributed by atoms with Gasteiger partial charge in [-0.25, -0.2) is 0 Å². The van der Waals surface area contributed by atoms with E-state index >= 15 is 0 Å². The first-order valence-electron chi connectivity index (χ1n) is 9.14. The van der Waals surface area contributed by atoms with E-state index in [4.69, 9.17) is 4.74 Å². The lowest BCUT2D eigenvalue weighted by Gasteiger charge is -2.07. The molecule has 2 aromatic heterocycles. The van der Waals surface area contributed by atoms with E-state index in [1.165, 1.54) is 41.6 Å². The van der Waals surface area contributed by atoms with E-state index in [-0.39, 0.29) is 5.78 Å². The number of methoxy groups -OCH3 is 1. The maximum Gasteiger partial charge on any atom is 0.210 e. The maximum atomic E-state index is 12.7. The van der Waals surface area contributed by atoms with Gasteiger partial charge in [0, 0.05) is 34.7 Å². The van der Waals surface area contributed by atoms with Crippen molar-refractivity contribution in [1.29, 1.82) is 0 Å². The second kappa shape index (κ2) is 7.97. The van der Waals surface area contributed by atoms with E-state index in [1.54, 1.807) is 7.11 Å². The zero-order valence-electron chi connectivity index (χ0n) is 16.1. The lowest BCUT2D eigenvalue weighted by Crippen LogP contribution is -2.05. The Balaban J connectivity index is 1.38. The fraction of sp³-hybridized carbons (Fsp3) is 0.350. The van der Waals surface area contributed by atoms with Gasteiger partial charge in [0.25, 0.3) is 0 Å². The molecule has 8 heteroatoms. The van der Waals surface area contributed by atoms with Crippen molar-refractivity contribution in [3.05, 3.63) is 47.3 Å². The fourth-order valence-corrected chi connectivity index (χ4v) is 4.96. The van der Waals surface area contributed by atoms with Crippen molar-refractivity contribution in [2.24, 2.45) is 0 Å². The summed E-state index contributed by atoms with van der Waals surface area (Å²) in [6.45, 7) is 4.13. The molecule has 146 valence electrons. The lowest BCUT2D eigenvalue weighted by molar-refractivity contribution is 0.102. The molecular formula is C20H22N4O2S2. The minimum absolute atomic E-state index is 0.141. The van der Waals surface area contributed by atoms with Crippen LogP contribution in [-0.2, 0) is 0 Å². The minimum atomic E-state index is 0.141. The standard InChI is InChI=1S/C20H22N4O2S2/c1-12-9-17(13(2)24(12)15-7-8-15)18(25)11-27-20-23-22-19(28-20)21-14-5-4-6-16(10-14)26-3/h4-6,9-10,15H,7-8,11H2,1-3H3,(H,21,22). The monoisotopic (exact) mass is 414 g/mol.